The highest BCUT2D eigenvalue weighted by Gasteiger charge is 2.56. The maximum absolute atomic E-state index is 15.2. The molecule has 14 heteroatoms. The minimum absolute atomic E-state index is 0.0413. The Morgan fingerprint density at radius 2 is 2.15 bits per heavy atom. The van der Waals surface area contributed by atoms with Gasteiger partial charge in [0.15, 0.2) is 11.9 Å². The second-order valence-corrected chi connectivity index (χ2v) is 9.86. The van der Waals surface area contributed by atoms with Gasteiger partial charge in [0.25, 0.3) is 5.56 Å². The van der Waals surface area contributed by atoms with E-state index in [1.165, 1.54) is 12.1 Å². The van der Waals surface area contributed by atoms with Crippen LogP contribution in [0.25, 0.3) is 0 Å². The van der Waals surface area contributed by atoms with Crippen molar-refractivity contribution in [3.05, 3.63) is 67.7 Å². The monoisotopic (exact) mass is 508 g/mol. The molecule has 0 spiro atoms. The van der Waals surface area contributed by atoms with Gasteiger partial charge in [-0.3, -0.25) is 27.9 Å². The predicted octanol–water partition coefficient (Wildman–Crippen LogP) is 2.62. The van der Waals surface area contributed by atoms with E-state index >= 15 is 4.39 Å². The van der Waals surface area contributed by atoms with E-state index in [0.29, 0.717) is 5.56 Å². The molecule has 2 aromatic rings. The molecule has 0 saturated carbocycles. The molecule has 2 N–H and O–H groups in total. The van der Waals surface area contributed by atoms with Crippen LogP contribution in [0.5, 0.6) is 0 Å². The lowest BCUT2D eigenvalue weighted by Crippen LogP contribution is -2.43. The number of hydrogen-bond donors (Lipinski definition) is 2. The number of hydrogen-bond acceptors (Lipinski definition) is 8. The highest BCUT2D eigenvalue weighted by atomic mass is 35.5. The van der Waals surface area contributed by atoms with Gasteiger partial charge < -0.3 is 9.84 Å². The molecular formula is C19H20ClF2N2O8P. The lowest BCUT2D eigenvalue weighted by molar-refractivity contribution is -0.0654. The first kappa shape index (κ1) is 24.2. The number of phosphoric acid groups is 1. The third-order valence-corrected chi connectivity index (χ3v) is 7.06. The molecule has 180 valence electrons. The predicted molar refractivity (Wildman–Crippen MR) is 110 cm³/mol. The molecule has 2 aliphatic rings. The van der Waals surface area contributed by atoms with Crippen LogP contribution in [0, 0.1) is 5.82 Å². The first-order valence-electron chi connectivity index (χ1n) is 9.86. The second-order valence-electron chi connectivity index (χ2n) is 7.80. The molecule has 4 rings (SSSR count). The number of benzene rings is 1. The van der Waals surface area contributed by atoms with E-state index in [2.05, 4.69) is 0 Å². The number of aromatic nitrogens is 2. The first-order valence-corrected chi connectivity index (χ1v) is 11.7. The van der Waals surface area contributed by atoms with Crippen LogP contribution >= 0.6 is 19.4 Å². The van der Waals surface area contributed by atoms with Crippen molar-refractivity contribution in [3.63, 3.8) is 0 Å². The summed E-state index contributed by atoms with van der Waals surface area (Å²) in [7, 11) is -4.19. The Balaban J connectivity index is 1.47. The minimum atomic E-state index is -4.19. The van der Waals surface area contributed by atoms with Gasteiger partial charge in [-0.25, -0.2) is 18.1 Å². The average molecular weight is 509 g/mol. The van der Waals surface area contributed by atoms with Gasteiger partial charge in [0, 0.05) is 23.7 Å². The molecule has 1 aromatic carbocycles. The number of nitrogens with one attached hydrogen (secondary N) is 1. The van der Waals surface area contributed by atoms with Crippen LogP contribution in [0.2, 0.25) is 5.02 Å². The van der Waals surface area contributed by atoms with E-state index in [1.807, 2.05) is 4.98 Å². The Kier molecular flexibility index (Phi) is 6.62. The zero-order valence-corrected chi connectivity index (χ0v) is 18.8. The third kappa shape index (κ3) is 4.97. The molecule has 1 aromatic heterocycles. The Hall–Kier alpha value is -1.92. The quantitative estimate of drug-likeness (QED) is 0.590. The molecule has 6 atom stereocenters. The molecule has 2 saturated heterocycles. The Labute approximate surface area is 190 Å². The summed E-state index contributed by atoms with van der Waals surface area (Å²) in [6.07, 6.45) is -4.30. The molecule has 10 nitrogen and oxygen atoms in total. The van der Waals surface area contributed by atoms with Crippen molar-refractivity contribution in [1.29, 1.82) is 0 Å². The Bertz CT molecular complexity index is 1180. The van der Waals surface area contributed by atoms with E-state index in [1.54, 1.807) is 0 Å². The number of rotatable bonds is 5. The van der Waals surface area contributed by atoms with Gasteiger partial charge in [0.05, 0.1) is 19.3 Å². The number of H-pyrrole nitrogens is 1. The van der Waals surface area contributed by atoms with Gasteiger partial charge in [-0.15, -0.1) is 0 Å². The van der Waals surface area contributed by atoms with Crippen LogP contribution in [0.4, 0.5) is 8.78 Å². The summed E-state index contributed by atoms with van der Waals surface area (Å²) >= 11 is 5.86. The minimum Gasteiger partial charge on any atom is -0.387 e. The molecule has 1 unspecified atom stereocenters. The average Bonchev–Trinajstić information content (AvgIpc) is 2.95. The van der Waals surface area contributed by atoms with E-state index < -0.39 is 61.7 Å². The van der Waals surface area contributed by atoms with Gasteiger partial charge in [-0.2, -0.15) is 0 Å². The van der Waals surface area contributed by atoms with E-state index in [4.69, 9.17) is 29.9 Å². The highest BCUT2D eigenvalue weighted by Crippen LogP contribution is 2.57. The zero-order chi connectivity index (χ0) is 24.0. The summed E-state index contributed by atoms with van der Waals surface area (Å²) in [5.74, 6) is -0.600. The number of nitrogens with zero attached hydrogens (tertiary/aromatic N) is 1. The number of halogens is 3. The van der Waals surface area contributed by atoms with Crippen molar-refractivity contribution in [2.24, 2.45) is 0 Å². The molecule has 0 bridgehead atoms. The van der Waals surface area contributed by atoms with Gasteiger partial charge in [-0.05, 0) is 30.7 Å². The number of phosphoric ester groups is 1. The Morgan fingerprint density at radius 1 is 1.39 bits per heavy atom. The van der Waals surface area contributed by atoms with E-state index in [0.717, 1.165) is 29.8 Å². The fourth-order valence-electron chi connectivity index (χ4n) is 3.69. The van der Waals surface area contributed by atoms with Crippen molar-refractivity contribution >= 4 is 19.4 Å². The van der Waals surface area contributed by atoms with Crippen molar-refractivity contribution in [2.75, 3.05) is 13.2 Å². The largest absolute Gasteiger partial charge is 0.475 e. The summed E-state index contributed by atoms with van der Waals surface area (Å²) < 4.78 is 63.9. The van der Waals surface area contributed by atoms with Crippen molar-refractivity contribution in [1.82, 2.24) is 9.55 Å². The standard InChI is InChI=1S/C19H20ClF2N2O8P/c1-19(22)16(26)14(31-17(19)24-4-2-15(25)23-18(24)27)9-30-33(28)29-5-3-13(32-33)10-6-11(20)8-12(21)7-10/h2,4,6-8,13-14,16-17,26H,3,5,9H2,1H3,(H,23,25,27)/t13-,14?,16-,17-,19-,33+/m1/s1. The molecular weight excluding hydrogens is 489 g/mol. The number of aliphatic hydroxyl groups excluding tert-OH is 1. The summed E-state index contributed by atoms with van der Waals surface area (Å²) in [6, 6.07) is 4.74. The number of aromatic amines is 1. The topological polar surface area (TPSA) is 129 Å². The van der Waals surface area contributed by atoms with Crippen molar-refractivity contribution in [2.45, 2.75) is 43.6 Å². The summed E-state index contributed by atoms with van der Waals surface area (Å²) in [6.45, 7) is 0.364. The van der Waals surface area contributed by atoms with Crippen LogP contribution in [0.3, 0.4) is 0 Å². The fourth-order valence-corrected chi connectivity index (χ4v) is 5.32. The summed E-state index contributed by atoms with van der Waals surface area (Å²) in [4.78, 5) is 25.3. The molecule has 0 radical (unpaired) electrons. The maximum Gasteiger partial charge on any atom is 0.475 e. The molecule has 2 fully saturated rings. The highest BCUT2D eigenvalue weighted by molar-refractivity contribution is 7.48. The van der Waals surface area contributed by atoms with Crippen LogP contribution in [-0.2, 0) is 22.9 Å². The van der Waals surface area contributed by atoms with E-state index in [9.17, 15) is 23.7 Å². The Morgan fingerprint density at radius 3 is 2.85 bits per heavy atom. The molecule has 0 aliphatic carbocycles. The lowest BCUT2D eigenvalue weighted by Gasteiger charge is -2.30. The number of alkyl halides is 1. The van der Waals surface area contributed by atoms with Crippen molar-refractivity contribution < 1.29 is 36.8 Å². The van der Waals surface area contributed by atoms with Gasteiger partial charge in [-0.1, -0.05) is 11.6 Å². The normalized spacial score (nSPS) is 34.5. The SMILES string of the molecule is C[C@@]1(F)[C@H](O)C(CO[P@]2(=O)OCC[C@H](c3cc(F)cc(Cl)c3)O2)O[C@H]1n1ccc(=O)[nH]c1=O. The van der Waals surface area contributed by atoms with Crippen LogP contribution in [0.15, 0.2) is 40.1 Å². The van der Waals surface area contributed by atoms with E-state index in [-0.39, 0.29) is 18.1 Å². The number of aliphatic hydroxyl groups is 1. The van der Waals surface area contributed by atoms with Crippen LogP contribution in [0.1, 0.15) is 31.2 Å². The molecule has 33 heavy (non-hydrogen) atoms. The smallest absolute Gasteiger partial charge is 0.387 e. The third-order valence-electron chi connectivity index (χ3n) is 5.36. The first-order chi connectivity index (χ1) is 15.5. The van der Waals surface area contributed by atoms with Gasteiger partial charge in [0.2, 0.25) is 0 Å². The summed E-state index contributed by atoms with van der Waals surface area (Å²) in [5, 5.41) is 10.5. The molecule has 2 aliphatic heterocycles. The maximum atomic E-state index is 15.2. The lowest BCUT2D eigenvalue weighted by atomic mass is 9.98. The molecule has 3 heterocycles. The van der Waals surface area contributed by atoms with Gasteiger partial charge >= 0.3 is 13.5 Å². The second kappa shape index (κ2) is 9.03. The van der Waals surface area contributed by atoms with Gasteiger partial charge in [0.1, 0.15) is 18.0 Å². The van der Waals surface area contributed by atoms with Crippen LogP contribution in [-0.4, -0.2) is 45.7 Å². The molecule has 0 amide bonds. The fraction of sp³-hybridized carbons (Fsp3) is 0.474. The van der Waals surface area contributed by atoms with Crippen LogP contribution < -0.4 is 11.2 Å². The number of ether oxygens (including phenoxy) is 1. The summed E-state index contributed by atoms with van der Waals surface area (Å²) in [5.41, 5.74) is -3.75. The van der Waals surface area contributed by atoms with Crippen molar-refractivity contribution in [3.8, 4) is 0 Å². The zero-order valence-electron chi connectivity index (χ0n) is 17.2.